The Kier molecular flexibility index (Phi) is 4.52. The number of aryl methyl sites for hydroxylation is 2. The molecule has 3 heteroatoms. The van der Waals surface area contributed by atoms with Gasteiger partial charge < -0.3 is 10.8 Å². The highest BCUT2D eigenvalue weighted by Gasteiger charge is 2.35. The molecule has 0 saturated carbocycles. The van der Waals surface area contributed by atoms with E-state index >= 15 is 0 Å². The summed E-state index contributed by atoms with van der Waals surface area (Å²) in [5.41, 5.74) is 8.96. The number of carboxylic acids is 1. The normalized spacial score (nSPS) is 16.1. The molecule has 0 amide bonds. The van der Waals surface area contributed by atoms with E-state index in [0.717, 1.165) is 23.1 Å². The molecule has 0 aliphatic heterocycles. The summed E-state index contributed by atoms with van der Waals surface area (Å²) in [6.07, 6.45) is 0.821. The molecule has 1 rings (SSSR count). The van der Waals surface area contributed by atoms with E-state index in [1.54, 1.807) is 0 Å². The first-order valence-electron chi connectivity index (χ1n) is 6.35. The van der Waals surface area contributed by atoms with Crippen LogP contribution in [0.1, 0.15) is 43.4 Å². The summed E-state index contributed by atoms with van der Waals surface area (Å²) in [5, 5.41) is 9.14. The number of carboxylic acid groups (broad SMARTS) is 1. The monoisotopic (exact) mass is 249 g/mol. The first kappa shape index (κ1) is 14.7. The van der Waals surface area contributed by atoms with E-state index in [9.17, 15) is 4.79 Å². The summed E-state index contributed by atoms with van der Waals surface area (Å²) in [6, 6.07) is 6.02. The number of benzene rings is 1. The number of hydrogen-bond acceptors (Lipinski definition) is 2. The SMILES string of the molecule is CCC(N)C(C)(CC(=O)O)c1cc(C)cc(C)c1. The van der Waals surface area contributed by atoms with Gasteiger partial charge in [-0.3, -0.25) is 4.79 Å². The Labute approximate surface area is 109 Å². The summed E-state index contributed by atoms with van der Waals surface area (Å²) < 4.78 is 0. The molecule has 3 nitrogen and oxygen atoms in total. The van der Waals surface area contributed by atoms with E-state index in [1.165, 1.54) is 0 Å². The van der Waals surface area contributed by atoms with Crippen LogP contribution >= 0.6 is 0 Å². The van der Waals surface area contributed by atoms with Crippen molar-refractivity contribution in [1.29, 1.82) is 0 Å². The van der Waals surface area contributed by atoms with Crippen molar-refractivity contribution in [1.82, 2.24) is 0 Å². The molecule has 100 valence electrons. The third-order valence-corrected chi connectivity index (χ3v) is 3.66. The smallest absolute Gasteiger partial charge is 0.304 e. The Morgan fingerprint density at radius 2 is 1.83 bits per heavy atom. The van der Waals surface area contributed by atoms with Crippen molar-refractivity contribution < 1.29 is 9.90 Å². The standard InChI is InChI=1S/C15H23NO2/c1-5-13(16)15(4,9-14(17)18)12-7-10(2)6-11(3)8-12/h6-8,13H,5,9,16H2,1-4H3,(H,17,18). The molecule has 0 aliphatic rings. The minimum Gasteiger partial charge on any atom is -0.481 e. The van der Waals surface area contributed by atoms with Gasteiger partial charge in [0.1, 0.15) is 0 Å². The van der Waals surface area contributed by atoms with Crippen molar-refractivity contribution in [2.45, 2.75) is 52.0 Å². The van der Waals surface area contributed by atoms with Crippen molar-refractivity contribution in [2.24, 2.45) is 5.73 Å². The molecule has 0 spiro atoms. The van der Waals surface area contributed by atoms with Crippen molar-refractivity contribution in [3.05, 3.63) is 34.9 Å². The van der Waals surface area contributed by atoms with E-state index in [-0.39, 0.29) is 12.5 Å². The van der Waals surface area contributed by atoms with Gasteiger partial charge in [0.2, 0.25) is 0 Å². The highest BCUT2D eigenvalue weighted by molar-refractivity contribution is 5.69. The number of rotatable bonds is 5. The largest absolute Gasteiger partial charge is 0.481 e. The van der Waals surface area contributed by atoms with Gasteiger partial charge in [0, 0.05) is 11.5 Å². The molecule has 0 aromatic heterocycles. The van der Waals surface area contributed by atoms with E-state index < -0.39 is 11.4 Å². The van der Waals surface area contributed by atoms with Gasteiger partial charge in [-0.15, -0.1) is 0 Å². The van der Waals surface area contributed by atoms with Gasteiger partial charge in [0.05, 0.1) is 6.42 Å². The summed E-state index contributed by atoms with van der Waals surface area (Å²) in [6.45, 7) is 7.99. The zero-order chi connectivity index (χ0) is 13.9. The Hall–Kier alpha value is -1.35. The first-order valence-corrected chi connectivity index (χ1v) is 6.35. The fourth-order valence-electron chi connectivity index (χ4n) is 2.52. The van der Waals surface area contributed by atoms with Gasteiger partial charge in [0.15, 0.2) is 0 Å². The number of carbonyl (C=O) groups is 1. The van der Waals surface area contributed by atoms with Crippen molar-refractivity contribution in [3.63, 3.8) is 0 Å². The minimum atomic E-state index is -0.805. The highest BCUT2D eigenvalue weighted by Crippen LogP contribution is 2.33. The van der Waals surface area contributed by atoms with Crippen LogP contribution in [-0.4, -0.2) is 17.1 Å². The topological polar surface area (TPSA) is 63.3 Å². The molecule has 0 saturated heterocycles. The maximum absolute atomic E-state index is 11.1. The lowest BCUT2D eigenvalue weighted by molar-refractivity contribution is -0.138. The maximum Gasteiger partial charge on any atom is 0.304 e. The summed E-state index contributed by atoms with van der Waals surface area (Å²) in [7, 11) is 0. The van der Waals surface area contributed by atoms with Crippen molar-refractivity contribution in [2.75, 3.05) is 0 Å². The molecule has 18 heavy (non-hydrogen) atoms. The van der Waals surface area contributed by atoms with Crippen LogP contribution in [0.3, 0.4) is 0 Å². The van der Waals surface area contributed by atoms with Gasteiger partial charge in [0.25, 0.3) is 0 Å². The molecular weight excluding hydrogens is 226 g/mol. The lowest BCUT2D eigenvalue weighted by Gasteiger charge is -2.35. The Morgan fingerprint density at radius 1 is 1.33 bits per heavy atom. The van der Waals surface area contributed by atoms with Gasteiger partial charge in [-0.05, 0) is 25.8 Å². The Bertz CT molecular complexity index is 422. The molecule has 0 fully saturated rings. The average Bonchev–Trinajstić information content (AvgIpc) is 2.25. The molecule has 0 radical (unpaired) electrons. The van der Waals surface area contributed by atoms with Crippen LogP contribution in [0.2, 0.25) is 0 Å². The second-order valence-corrected chi connectivity index (χ2v) is 5.38. The van der Waals surface area contributed by atoms with Crippen LogP contribution < -0.4 is 5.73 Å². The number of nitrogens with two attached hydrogens (primary N) is 1. The first-order chi connectivity index (χ1) is 8.29. The quantitative estimate of drug-likeness (QED) is 0.843. The third-order valence-electron chi connectivity index (χ3n) is 3.66. The second-order valence-electron chi connectivity index (χ2n) is 5.38. The van der Waals surface area contributed by atoms with Crippen LogP contribution in [0.15, 0.2) is 18.2 Å². The lowest BCUT2D eigenvalue weighted by Crippen LogP contribution is -2.44. The van der Waals surface area contributed by atoms with Gasteiger partial charge in [-0.1, -0.05) is 43.2 Å². The van der Waals surface area contributed by atoms with Gasteiger partial charge in [-0.2, -0.15) is 0 Å². The van der Waals surface area contributed by atoms with Crippen molar-refractivity contribution in [3.8, 4) is 0 Å². The predicted octanol–water partition coefficient (Wildman–Crippen LogP) is 2.77. The lowest BCUT2D eigenvalue weighted by atomic mass is 9.72. The fraction of sp³-hybridized carbons (Fsp3) is 0.533. The summed E-state index contributed by atoms with van der Waals surface area (Å²) in [5.74, 6) is -0.805. The number of aliphatic carboxylic acids is 1. The summed E-state index contributed by atoms with van der Waals surface area (Å²) >= 11 is 0. The molecule has 3 N–H and O–H groups in total. The molecule has 1 aromatic carbocycles. The van der Waals surface area contributed by atoms with E-state index in [4.69, 9.17) is 10.8 Å². The maximum atomic E-state index is 11.1. The molecule has 1 aromatic rings. The molecule has 0 bridgehead atoms. The van der Waals surface area contributed by atoms with Crippen molar-refractivity contribution >= 4 is 5.97 Å². The molecule has 2 unspecified atom stereocenters. The zero-order valence-corrected chi connectivity index (χ0v) is 11.7. The minimum absolute atomic E-state index is 0.0604. The number of hydrogen-bond donors (Lipinski definition) is 2. The molecule has 0 aliphatic carbocycles. The predicted molar refractivity (Wildman–Crippen MR) is 73.8 cm³/mol. The summed E-state index contributed by atoms with van der Waals surface area (Å²) in [4.78, 5) is 11.1. The van der Waals surface area contributed by atoms with Gasteiger partial charge >= 0.3 is 5.97 Å². The molecule has 0 heterocycles. The Morgan fingerprint density at radius 3 is 2.22 bits per heavy atom. The fourth-order valence-corrected chi connectivity index (χ4v) is 2.52. The van der Waals surface area contributed by atoms with Gasteiger partial charge in [-0.25, -0.2) is 0 Å². The van der Waals surface area contributed by atoms with Crippen LogP contribution in [0, 0.1) is 13.8 Å². The second kappa shape index (κ2) is 5.53. The zero-order valence-electron chi connectivity index (χ0n) is 11.7. The van der Waals surface area contributed by atoms with E-state index in [0.29, 0.717) is 0 Å². The average molecular weight is 249 g/mol. The Balaban J connectivity index is 3.28. The molecule has 2 atom stereocenters. The van der Waals surface area contributed by atoms with Crippen LogP contribution in [0.25, 0.3) is 0 Å². The third kappa shape index (κ3) is 3.10. The van der Waals surface area contributed by atoms with Crippen LogP contribution in [0.5, 0.6) is 0 Å². The highest BCUT2D eigenvalue weighted by atomic mass is 16.4. The van der Waals surface area contributed by atoms with E-state index in [1.807, 2.05) is 39.8 Å². The van der Waals surface area contributed by atoms with Crippen LogP contribution in [-0.2, 0) is 10.2 Å². The van der Waals surface area contributed by atoms with Crippen LogP contribution in [0.4, 0.5) is 0 Å². The molecular formula is C15H23NO2. The van der Waals surface area contributed by atoms with E-state index in [2.05, 4.69) is 6.07 Å².